The van der Waals surface area contributed by atoms with E-state index in [0.717, 1.165) is 12.8 Å². The quantitative estimate of drug-likeness (QED) is 0.557. The van der Waals surface area contributed by atoms with E-state index in [-0.39, 0.29) is 5.75 Å². The van der Waals surface area contributed by atoms with Crippen molar-refractivity contribution in [3.8, 4) is 11.5 Å². The molecule has 1 amide bonds. The maximum absolute atomic E-state index is 12.6. The van der Waals surface area contributed by atoms with Crippen LogP contribution < -0.4 is 14.8 Å². The van der Waals surface area contributed by atoms with Gasteiger partial charge in [-0.25, -0.2) is 13.4 Å². The molecule has 0 aliphatic carbocycles. The van der Waals surface area contributed by atoms with Crippen LogP contribution in [0, 0.1) is 0 Å². The summed E-state index contributed by atoms with van der Waals surface area (Å²) in [4.78, 5) is 16.9. The molecule has 0 bridgehead atoms. The number of nitrogens with one attached hydrogen (secondary N) is 1. The number of aromatic nitrogens is 2. The lowest BCUT2D eigenvalue weighted by molar-refractivity contribution is -0.119. The number of imidazole rings is 1. The molecular formula is C20H29N3O5S. The van der Waals surface area contributed by atoms with Crippen LogP contribution in [0.5, 0.6) is 11.5 Å². The molecule has 160 valence electrons. The summed E-state index contributed by atoms with van der Waals surface area (Å²) in [6, 6.07) is 4.59. The second kappa shape index (κ2) is 10.3. The van der Waals surface area contributed by atoms with Gasteiger partial charge in [0.05, 0.1) is 20.0 Å². The first-order valence-electron chi connectivity index (χ1n) is 9.49. The van der Waals surface area contributed by atoms with E-state index in [4.69, 9.17) is 9.47 Å². The van der Waals surface area contributed by atoms with Gasteiger partial charge in [0.2, 0.25) is 5.91 Å². The predicted octanol–water partition coefficient (Wildman–Crippen LogP) is 2.25. The number of amides is 1. The number of rotatable bonds is 11. The lowest BCUT2D eigenvalue weighted by atomic mass is 10.0. The number of unbranched alkanes of at least 4 members (excludes halogenated alkanes) is 2. The number of nitrogens with zero attached hydrogens (tertiary/aromatic N) is 2. The average Bonchev–Trinajstić information content (AvgIpc) is 3.10. The number of hydrogen-bond donors (Lipinski definition) is 1. The van der Waals surface area contributed by atoms with E-state index < -0.39 is 27.5 Å². The van der Waals surface area contributed by atoms with Crippen molar-refractivity contribution < 1.29 is 22.7 Å². The molecule has 1 aromatic heterocycles. The van der Waals surface area contributed by atoms with Crippen molar-refractivity contribution in [3.63, 3.8) is 0 Å². The molecule has 29 heavy (non-hydrogen) atoms. The zero-order valence-electron chi connectivity index (χ0n) is 17.3. The first-order chi connectivity index (χ1) is 13.8. The summed E-state index contributed by atoms with van der Waals surface area (Å²) in [7, 11) is 1.41. The van der Waals surface area contributed by atoms with Crippen molar-refractivity contribution >= 4 is 15.7 Å². The zero-order valence-corrected chi connectivity index (χ0v) is 18.2. The van der Waals surface area contributed by atoms with Crippen LogP contribution in [0.1, 0.15) is 43.6 Å². The fourth-order valence-electron chi connectivity index (χ4n) is 2.99. The van der Waals surface area contributed by atoms with E-state index in [1.807, 2.05) is 6.92 Å². The molecule has 0 spiro atoms. The molecule has 8 nitrogen and oxygen atoms in total. The van der Waals surface area contributed by atoms with Crippen molar-refractivity contribution in [2.75, 3.05) is 25.7 Å². The monoisotopic (exact) mass is 423 g/mol. The van der Waals surface area contributed by atoms with Gasteiger partial charge >= 0.3 is 0 Å². The summed E-state index contributed by atoms with van der Waals surface area (Å²) in [5.74, 6) is 0.556. The number of benzene rings is 1. The molecule has 0 fully saturated rings. The molecular weight excluding hydrogens is 394 g/mol. The molecule has 0 radical (unpaired) electrons. The maximum Gasteiger partial charge on any atom is 0.236 e. The summed E-state index contributed by atoms with van der Waals surface area (Å²) in [5.41, 5.74) is 0.673. The Morgan fingerprint density at radius 2 is 1.83 bits per heavy atom. The molecule has 2 rings (SSSR count). The molecule has 0 saturated carbocycles. The molecule has 2 aromatic rings. The predicted molar refractivity (Wildman–Crippen MR) is 111 cm³/mol. The van der Waals surface area contributed by atoms with Crippen LogP contribution >= 0.6 is 0 Å². The van der Waals surface area contributed by atoms with Crippen molar-refractivity contribution in [3.05, 3.63) is 42.0 Å². The molecule has 0 aliphatic rings. The van der Waals surface area contributed by atoms with Crippen molar-refractivity contribution in [2.24, 2.45) is 7.05 Å². The van der Waals surface area contributed by atoms with Crippen LogP contribution in [-0.2, 0) is 21.7 Å². The van der Waals surface area contributed by atoms with E-state index in [1.54, 1.807) is 42.2 Å². The van der Waals surface area contributed by atoms with Gasteiger partial charge in [-0.15, -0.1) is 0 Å². The third-order valence-corrected chi connectivity index (χ3v) is 6.15. The van der Waals surface area contributed by atoms with Crippen LogP contribution in [0.4, 0.5) is 0 Å². The second-order valence-electron chi connectivity index (χ2n) is 6.84. The fraction of sp³-hybridized carbons (Fsp3) is 0.500. The van der Waals surface area contributed by atoms with E-state index in [2.05, 4.69) is 10.3 Å². The highest BCUT2D eigenvalue weighted by Crippen LogP contribution is 2.29. The van der Waals surface area contributed by atoms with Crippen LogP contribution in [0.15, 0.2) is 30.6 Å². The molecule has 0 saturated heterocycles. The number of aryl methyl sites for hydroxylation is 1. The smallest absolute Gasteiger partial charge is 0.236 e. The zero-order chi connectivity index (χ0) is 21.4. The Morgan fingerprint density at radius 3 is 2.34 bits per heavy atom. The van der Waals surface area contributed by atoms with E-state index in [9.17, 15) is 13.2 Å². The summed E-state index contributed by atoms with van der Waals surface area (Å²) in [6.45, 7) is 2.00. The minimum absolute atomic E-state index is 0.00825. The molecule has 1 heterocycles. The largest absolute Gasteiger partial charge is 0.497 e. The summed E-state index contributed by atoms with van der Waals surface area (Å²) >= 11 is 0. The Bertz CT molecular complexity index is 902. The van der Waals surface area contributed by atoms with Gasteiger partial charge in [-0.1, -0.05) is 19.8 Å². The van der Waals surface area contributed by atoms with Crippen LogP contribution in [-0.4, -0.2) is 49.6 Å². The van der Waals surface area contributed by atoms with Gasteiger partial charge < -0.3 is 19.4 Å². The van der Waals surface area contributed by atoms with E-state index >= 15 is 0 Å². The molecule has 1 unspecified atom stereocenters. The topological polar surface area (TPSA) is 99.5 Å². The highest BCUT2D eigenvalue weighted by molar-refractivity contribution is 7.92. The molecule has 1 atom stereocenters. The fourth-order valence-corrected chi connectivity index (χ4v) is 4.27. The second-order valence-corrected chi connectivity index (χ2v) is 9.03. The first-order valence-corrected chi connectivity index (χ1v) is 11.3. The number of sulfone groups is 1. The Kier molecular flexibility index (Phi) is 8.07. The summed E-state index contributed by atoms with van der Waals surface area (Å²) in [6.07, 6.45) is 5.67. The molecule has 1 aromatic carbocycles. The number of hydrogen-bond acceptors (Lipinski definition) is 6. The van der Waals surface area contributed by atoms with Gasteiger partial charge in [0.25, 0.3) is 0 Å². The lowest BCUT2D eigenvalue weighted by Crippen LogP contribution is -2.36. The molecule has 9 heteroatoms. The Morgan fingerprint density at radius 1 is 1.17 bits per heavy atom. The van der Waals surface area contributed by atoms with Crippen LogP contribution in [0.3, 0.4) is 0 Å². The van der Waals surface area contributed by atoms with Crippen molar-refractivity contribution in [2.45, 2.75) is 32.2 Å². The average molecular weight is 424 g/mol. The maximum atomic E-state index is 12.6. The van der Waals surface area contributed by atoms with Gasteiger partial charge in [0.15, 0.2) is 9.84 Å². The van der Waals surface area contributed by atoms with E-state index in [0.29, 0.717) is 29.3 Å². The number of carbonyl (C=O) groups excluding carboxylic acids is 1. The molecule has 0 aliphatic heterocycles. The first kappa shape index (κ1) is 22.7. The summed E-state index contributed by atoms with van der Waals surface area (Å²) < 4.78 is 36.9. The number of carbonyl (C=O) groups is 1. The summed E-state index contributed by atoms with van der Waals surface area (Å²) in [5, 5.41) is 2.81. The van der Waals surface area contributed by atoms with Gasteiger partial charge in [-0.05, 0) is 24.1 Å². The van der Waals surface area contributed by atoms with Crippen LogP contribution in [0.25, 0.3) is 0 Å². The van der Waals surface area contributed by atoms with E-state index in [1.165, 1.54) is 14.2 Å². The Balaban J connectivity index is 2.29. The normalized spacial score (nSPS) is 12.4. The lowest BCUT2D eigenvalue weighted by Gasteiger charge is -2.20. The minimum atomic E-state index is -3.47. The van der Waals surface area contributed by atoms with Gasteiger partial charge in [0, 0.05) is 25.5 Å². The van der Waals surface area contributed by atoms with Crippen molar-refractivity contribution in [1.82, 2.24) is 14.9 Å². The third-order valence-electron chi connectivity index (χ3n) is 4.54. The SMILES string of the molecule is CCCCCS(=O)(=O)CC(=O)NC(c1cc(OC)cc(OC)c1)c1nccn1C. The number of ether oxygens (including phenoxy) is 2. The van der Waals surface area contributed by atoms with Gasteiger partial charge in [0.1, 0.15) is 29.1 Å². The third kappa shape index (κ3) is 6.49. The highest BCUT2D eigenvalue weighted by atomic mass is 32.2. The highest BCUT2D eigenvalue weighted by Gasteiger charge is 2.25. The molecule has 1 N–H and O–H groups in total. The Labute approximate surface area is 172 Å². The number of methoxy groups -OCH3 is 2. The minimum Gasteiger partial charge on any atom is -0.497 e. The van der Waals surface area contributed by atoms with Crippen molar-refractivity contribution in [1.29, 1.82) is 0 Å². The van der Waals surface area contributed by atoms with Gasteiger partial charge in [-0.2, -0.15) is 0 Å². The van der Waals surface area contributed by atoms with Crippen LogP contribution in [0.2, 0.25) is 0 Å². The standard InChI is InChI=1S/C20H29N3O5S/c1-5-6-7-10-29(25,26)14-18(24)22-19(20-21-8-9-23(20)2)15-11-16(27-3)13-17(12-15)28-4/h8-9,11-13,19H,5-7,10,14H2,1-4H3,(H,22,24). The van der Waals surface area contributed by atoms with Gasteiger partial charge in [-0.3, -0.25) is 4.79 Å². The Hall–Kier alpha value is -2.55.